The zero-order valence-corrected chi connectivity index (χ0v) is 10.7. The van der Waals surface area contributed by atoms with Crippen LogP contribution in [0, 0.1) is 0 Å². The summed E-state index contributed by atoms with van der Waals surface area (Å²) in [5.74, 6) is -0.420. The highest BCUT2D eigenvalue weighted by Crippen LogP contribution is 2.35. The molecule has 1 aromatic rings. The predicted octanol–water partition coefficient (Wildman–Crippen LogP) is 4.22. The standard InChI is InChI=1S/C16H20O2/c1-12(16(17)18)14-10-6-7-11-15(14)13-8-4-2-3-5-9-13/h6-7,10-11,13H,1-5,8-9H2,(H,17,18). The van der Waals surface area contributed by atoms with Crippen molar-refractivity contribution in [3.63, 3.8) is 0 Å². The number of carboxylic acids is 1. The Labute approximate surface area is 108 Å². The van der Waals surface area contributed by atoms with Crippen LogP contribution in [-0.2, 0) is 4.79 Å². The van der Waals surface area contributed by atoms with E-state index in [0.717, 1.165) is 5.56 Å². The molecule has 0 aliphatic heterocycles. The molecular weight excluding hydrogens is 224 g/mol. The van der Waals surface area contributed by atoms with E-state index in [-0.39, 0.29) is 5.57 Å². The fourth-order valence-electron chi connectivity index (χ4n) is 2.83. The highest BCUT2D eigenvalue weighted by molar-refractivity contribution is 6.14. The van der Waals surface area contributed by atoms with Gasteiger partial charge in [0.05, 0.1) is 5.57 Å². The summed E-state index contributed by atoms with van der Waals surface area (Å²) in [6.45, 7) is 3.70. The van der Waals surface area contributed by atoms with Gasteiger partial charge in [0, 0.05) is 0 Å². The van der Waals surface area contributed by atoms with Gasteiger partial charge >= 0.3 is 5.97 Å². The lowest BCUT2D eigenvalue weighted by Crippen LogP contribution is -2.05. The van der Waals surface area contributed by atoms with Crippen molar-refractivity contribution < 1.29 is 9.90 Å². The maximum absolute atomic E-state index is 11.1. The second-order valence-electron chi connectivity index (χ2n) is 5.06. The first kappa shape index (κ1) is 12.9. The summed E-state index contributed by atoms with van der Waals surface area (Å²) in [7, 11) is 0. The quantitative estimate of drug-likeness (QED) is 0.638. The van der Waals surface area contributed by atoms with E-state index < -0.39 is 5.97 Å². The van der Waals surface area contributed by atoms with E-state index >= 15 is 0 Å². The van der Waals surface area contributed by atoms with E-state index in [0.29, 0.717) is 5.92 Å². The lowest BCUT2D eigenvalue weighted by atomic mass is 9.86. The fourth-order valence-corrected chi connectivity index (χ4v) is 2.83. The van der Waals surface area contributed by atoms with Gasteiger partial charge < -0.3 is 5.11 Å². The van der Waals surface area contributed by atoms with E-state index in [2.05, 4.69) is 12.6 Å². The van der Waals surface area contributed by atoms with Crippen LogP contribution in [0.2, 0.25) is 0 Å². The Morgan fingerprint density at radius 3 is 2.33 bits per heavy atom. The average Bonchev–Trinajstić information content (AvgIpc) is 2.66. The second kappa shape index (κ2) is 5.85. The Hall–Kier alpha value is -1.57. The van der Waals surface area contributed by atoms with Crippen molar-refractivity contribution in [3.05, 3.63) is 42.0 Å². The Morgan fingerprint density at radius 2 is 1.72 bits per heavy atom. The summed E-state index contributed by atoms with van der Waals surface area (Å²) in [6, 6.07) is 7.85. The van der Waals surface area contributed by atoms with Crippen molar-refractivity contribution >= 4 is 11.5 Å². The molecule has 1 aromatic carbocycles. The molecule has 1 fully saturated rings. The summed E-state index contributed by atoms with van der Waals surface area (Å²) < 4.78 is 0. The number of carboxylic acid groups (broad SMARTS) is 1. The van der Waals surface area contributed by atoms with Crippen molar-refractivity contribution in [2.45, 2.75) is 44.4 Å². The molecule has 0 amide bonds. The Balaban J connectivity index is 2.31. The average molecular weight is 244 g/mol. The summed E-state index contributed by atoms with van der Waals surface area (Å²) in [6.07, 6.45) is 7.45. The molecule has 2 heteroatoms. The largest absolute Gasteiger partial charge is 0.478 e. The molecule has 0 saturated heterocycles. The zero-order chi connectivity index (χ0) is 13.0. The van der Waals surface area contributed by atoms with Gasteiger partial charge in [-0.15, -0.1) is 0 Å². The summed E-state index contributed by atoms with van der Waals surface area (Å²) in [5, 5.41) is 9.11. The number of benzene rings is 1. The van der Waals surface area contributed by atoms with Crippen molar-refractivity contribution in [2.75, 3.05) is 0 Å². The SMILES string of the molecule is C=C(C(=O)O)c1ccccc1C1CCCCCC1. The highest BCUT2D eigenvalue weighted by Gasteiger charge is 2.20. The molecule has 0 bridgehead atoms. The van der Waals surface area contributed by atoms with Gasteiger partial charge in [0.2, 0.25) is 0 Å². The van der Waals surface area contributed by atoms with Crippen LogP contribution in [0.15, 0.2) is 30.8 Å². The number of hydrogen-bond donors (Lipinski definition) is 1. The summed E-state index contributed by atoms with van der Waals surface area (Å²) in [5.41, 5.74) is 2.21. The van der Waals surface area contributed by atoms with Gasteiger partial charge in [0.15, 0.2) is 0 Å². The van der Waals surface area contributed by atoms with Gasteiger partial charge in [-0.3, -0.25) is 0 Å². The van der Waals surface area contributed by atoms with Gasteiger partial charge in [-0.05, 0) is 29.9 Å². The minimum atomic E-state index is -0.920. The molecule has 1 aliphatic rings. The molecule has 0 spiro atoms. The molecule has 0 heterocycles. The molecule has 96 valence electrons. The molecule has 18 heavy (non-hydrogen) atoms. The topological polar surface area (TPSA) is 37.3 Å². The smallest absolute Gasteiger partial charge is 0.335 e. The Bertz CT molecular complexity index is 440. The van der Waals surface area contributed by atoms with Gasteiger partial charge in [-0.25, -0.2) is 4.79 Å². The first-order valence-electron chi connectivity index (χ1n) is 6.71. The van der Waals surface area contributed by atoms with Crippen LogP contribution >= 0.6 is 0 Å². The molecule has 1 aliphatic carbocycles. The van der Waals surface area contributed by atoms with E-state index in [1.54, 1.807) is 0 Å². The molecule has 0 atom stereocenters. The minimum Gasteiger partial charge on any atom is -0.478 e. The second-order valence-corrected chi connectivity index (χ2v) is 5.06. The molecule has 1 N–H and O–H groups in total. The monoisotopic (exact) mass is 244 g/mol. The van der Waals surface area contributed by atoms with Crippen LogP contribution in [0.3, 0.4) is 0 Å². The van der Waals surface area contributed by atoms with Crippen molar-refractivity contribution in [3.8, 4) is 0 Å². The van der Waals surface area contributed by atoms with Crippen molar-refractivity contribution in [2.24, 2.45) is 0 Å². The summed E-state index contributed by atoms with van der Waals surface area (Å²) in [4.78, 5) is 11.1. The molecule has 1 saturated carbocycles. The van der Waals surface area contributed by atoms with E-state index in [1.807, 2.05) is 18.2 Å². The predicted molar refractivity (Wildman–Crippen MR) is 73.6 cm³/mol. The highest BCUT2D eigenvalue weighted by atomic mass is 16.4. The third kappa shape index (κ3) is 2.81. The molecule has 0 aromatic heterocycles. The zero-order valence-electron chi connectivity index (χ0n) is 10.7. The molecule has 0 unspecified atom stereocenters. The van der Waals surface area contributed by atoms with Crippen molar-refractivity contribution in [1.82, 2.24) is 0 Å². The third-order valence-electron chi connectivity index (χ3n) is 3.84. The molecule has 0 radical (unpaired) electrons. The van der Waals surface area contributed by atoms with Crippen LogP contribution in [0.25, 0.3) is 5.57 Å². The molecule has 2 rings (SSSR count). The van der Waals surface area contributed by atoms with Gasteiger partial charge in [-0.2, -0.15) is 0 Å². The van der Waals surface area contributed by atoms with E-state index in [1.165, 1.54) is 44.1 Å². The van der Waals surface area contributed by atoms with Gasteiger partial charge in [0.1, 0.15) is 0 Å². The number of carbonyl (C=O) groups is 1. The lowest BCUT2D eigenvalue weighted by Gasteiger charge is -2.18. The molecular formula is C16H20O2. The Morgan fingerprint density at radius 1 is 1.11 bits per heavy atom. The molecule has 2 nitrogen and oxygen atoms in total. The Kier molecular flexibility index (Phi) is 4.19. The van der Waals surface area contributed by atoms with Crippen LogP contribution < -0.4 is 0 Å². The maximum atomic E-state index is 11.1. The van der Waals surface area contributed by atoms with E-state index in [4.69, 9.17) is 5.11 Å². The first-order chi connectivity index (χ1) is 8.70. The fraction of sp³-hybridized carbons (Fsp3) is 0.438. The van der Waals surface area contributed by atoms with Crippen LogP contribution in [-0.4, -0.2) is 11.1 Å². The first-order valence-corrected chi connectivity index (χ1v) is 6.71. The van der Waals surface area contributed by atoms with Gasteiger partial charge in [-0.1, -0.05) is 56.5 Å². The number of aliphatic carboxylic acids is 1. The van der Waals surface area contributed by atoms with Gasteiger partial charge in [0.25, 0.3) is 0 Å². The van der Waals surface area contributed by atoms with Crippen LogP contribution in [0.1, 0.15) is 55.6 Å². The third-order valence-corrected chi connectivity index (χ3v) is 3.84. The lowest BCUT2D eigenvalue weighted by molar-refractivity contribution is -0.130. The number of hydrogen-bond acceptors (Lipinski definition) is 1. The summed E-state index contributed by atoms with van der Waals surface area (Å²) >= 11 is 0. The van der Waals surface area contributed by atoms with Crippen molar-refractivity contribution in [1.29, 1.82) is 0 Å². The van der Waals surface area contributed by atoms with Crippen LogP contribution in [0.5, 0.6) is 0 Å². The maximum Gasteiger partial charge on any atom is 0.335 e. The van der Waals surface area contributed by atoms with E-state index in [9.17, 15) is 4.79 Å². The van der Waals surface area contributed by atoms with Crippen LogP contribution in [0.4, 0.5) is 0 Å². The minimum absolute atomic E-state index is 0.217. The normalized spacial score (nSPS) is 17.1. The number of rotatable bonds is 3.